The maximum Gasteiger partial charge on any atom is 0.246 e. The summed E-state index contributed by atoms with van der Waals surface area (Å²) in [5.41, 5.74) is 1.80. The molecule has 0 saturated carbocycles. The van der Waals surface area contributed by atoms with Gasteiger partial charge in [0.15, 0.2) is 17.3 Å². The number of benzene rings is 1. The normalized spacial score (nSPS) is 14.1. The van der Waals surface area contributed by atoms with Crippen LogP contribution in [-0.4, -0.2) is 69.1 Å². The Hall–Kier alpha value is -3.81. The Kier molecular flexibility index (Phi) is 7.85. The molecule has 1 aromatic carbocycles. The number of carbonyl (C=O) groups is 2. The van der Waals surface area contributed by atoms with Gasteiger partial charge in [0.2, 0.25) is 11.7 Å². The molecule has 0 spiro atoms. The summed E-state index contributed by atoms with van der Waals surface area (Å²) in [5, 5.41) is 0. The van der Waals surface area contributed by atoms with Crippen molar-refractivity contribution in [3.63, 3.8) is 0 Å². The highest BCUT2D eigenvalue weighted by atomic mass is 16.5. The molecule has 1 aliphatic heterocycles. The van der Waals surface area contributed by atoms with E-state index in [1.54, 1.807) is 35.5 Å². The van der Waals surface area contributed by atoms with Gasteiger partial charge in [-0.1, -0.05) is 6.08 Å². The summed E-state index contributed by atoms with van der Waals surface area (Å²) < 4.78 is 15.9. The molecule has 0 aliphatic carbocycles. The smallest absolute Gasteiger partial charge is 0.246 e. The van der Waals surface area contributed by atoms with E-state index in [-0.39, 0.29) is 11.7 Å². The highest BCUT2D eigenvalue weighted by Gasteiger charge is 2.19. The van der Waals surface area contributed by atoms with Gasteiger partial charge in [0.1, 0.15) is 0 Å². The van der Waals surface area contributed by atoms with Crippen LogP contribution >= 0.6 is 0 Å². The second-order valence-electron chi connectivity index (χ2n) is 7.05. The van der Waals surface area contributed by atoms with Crippen molar-refractivity contribution in [3.8, 4) is 17.2 Å². The van der Waals surface area contributed by atoms with Crippen molar-refractivity contribution in [2.24, 2.45) is 0 Å². The van der Waals surface area contributed by atoms with E-state index in [9.17, 15) is 9.59 Å². The number of rotatable bonds is 8. The van der Waals surface area contributed by atoms with Crippen molar-refractivity contribution >= 4 is 23.5 Å². The number of hydrogen-bond acceptors (Lipinski definition) is 7. The van der Waals surface area contributed by atoms with Crippen molar-refractivity contribution in [2.75, 3.05) is 52.4 Å². The molecule has 1 amide bonds. The number of carbonyl (C=O) groups excluding carboxylic acids is 2. The predicted molar refractivity (Wildman–Crippen MR) is 122 cm³/mol. The summed E-state index contributed by atoms with van der Waals surface area (Å²) in [7, 11) is 4.59. The number of piperazine rings is 1. The van der Waals surface area contributed by atoms with Crippen LogP contribution in [0, 0.1) is 0 Å². The van der Waals surface area contributed by atoms with Gasteiger partial charge in [0, 0.05) is 50.3 Å². The van der Waals surface area contributed by atoms with E-state index in [0.717, 1.165) is 18.8 Å². The number of methoxy groups -OCH3 is 3. The molecule has 8 heteroatoms. The Labute approximate surface area is 187 Å². The molecule has 1 aromatic heterocycles. The fraction of sp³-hybridized carbons (Fsp3) is 0.292. The van der Waals surface area contributed by atoms with Crippen LogP contribution < -0.4 is 19.1 Å². The van der Waals surface area contributed by atoms with Crippen LogP contribution in [0.1, 0.15) is 5.56 Å². The molecular weight excluding hydrogens is 410 g/mol. The minimum atomic E-state index is -0.289. The van der Waals surface area contributed by atoms with Gasteiger partial charge in [-0.05, 0) is 42.0 Å². The van der Waals surface area contributed by atoms with Gasteiger partial charge in [0.05, 0.1) is 21.3 Å². The zero-order valence-electron chi connectivity index (χ0n) is 18.5. The van der Waals surface area contributed by atoms with E-state index in [0.29, 0.717) is 35.9 Å². The first-order valence-electron chi connectivity index (χ1n) is 10.2. The molecule has 0 N–H and O–H groups in total. The van der Waals surface area contributed by atoms with E-state index in [2.05, 4.69) is 9.88 Å². The molecule has 168 valence electrons. The highest BCUT2D eigenvalue weighted by molar-refractivity contribution is 6.05. The Morgan fingerprint density at radius 1 is 0.875 bits per heavy atom. The molecule has 32 heavy (non-hydrogen) atoms. The Bertz CT molecular complexity index is 971. The first kappa shape index (κ1) is 22.9. The fourth-order valence-electron chi connectivity index (χ4n) is 3.43. The summed E-state index contributed by atoms with van der Waals surface area (Å²) in [6, 6.07) is 7.39. The third-order valence-corrected chi connectivity index (χ3v) is 5.14. The van der Waals surface area contributed by atoms with E-state index in [1.165, 1.54) is 39.6 Å². The third kappa shape index (κ3) is 5.66. The number of nitrogens with zero attached hydrogens (tertiary/aromatic N) is 3. The number of ketones is 1. The number of allylic oxidation sites excluding steroid dienone is 2. The molecule has 0 atom stereocenters. The molecule has 0 unspecified atom stereocenters. The standard InChI is InChI=1S/C24H27N3O5/c1-30-21-16-18(17-22(31-2)24(21)32-3)4-5-20(28)6-7-23(29)27-14-12-26(13-15-27)19-8-10-25-11-9-19/h4-11,16-17H,12-15H2,1-3H3/b5-4+,7-6+. The average molecular weight is 437 g/mol. The minimum absolute atomic E-state index is 0.172. The molecule has 1 saturated heterocycles. The molecule has 8 nitrogen and oxygen atoms in total. The Balaban J connectivity index is 1.56. The van der Waals surface area contributed by atoms with Crippen molar-refractivity contribution in [2.45, 2.75) is 0 Å². The van der Waals surface area contributed by atoms with Crippen LogP contribution in [0.4, 0.5) is 5.69 Å². The number of pyridine rings is 1. The summed E-state index contributed by atoms with van der Waals surface area (Å²) in [6.45, 7) is 2.67. The van der Waals surface area contributed by atoms with Gasteiger partial charge in [-0.3, -0.25) is 14.6 Å². The molecule has 2 aromatic rings. The largest absolute Gasteiger partial charge is 0.493 e. The van der Waals surface area contributed by atoms with Gasteiger partial charge in [0.25, 0.3) is 0 Å². The number of aromatic nitrogens is 1. The average Bonchev–Trinajstić information content (AvgIpc) is 2.85. The van der Waals surface area contributed by atoms with Gasteiger partial charge < -0.3 is 24.0 Å². The first-order chi connectivity index (χ1) is 15.5. The quantitative estimate of drug-likeness (QED) is 0.587. The van der Waals surface area contributed by atoms with Crippen molar-refractivity contribution in [1.82, 2.24) is 9.88 Å². The molecule has 1 fully saturated rings. The molecule has 3 rings (SSSR count). The molecular formula is C24H27N3O5. The van der Waals surface area contributed by atoms with Crippen LogP contribution in [0.3, 0.4) is 0 Å². The fourth-order valence-corrected chi connectivity index (χ4v) is 3.43. The second kappa shape index (κ2) is 11.0. The van der Waals surface area contributed by atoms with Gasteiger partial charge in [-0.15, -0.1) is 0 Å². The number of anilines is 1. The monoisotopic (exact) mass is 437 g/mol. The van der Waals surface area contributed by atoms with Crippen molar-refractivity contribution < 1.29 is 23.8 Å². The lowest BCUT2D eigenvalue weighted by molar-refractivity contribution is -0.126. The van der Waals surface area contributed by atoms with Crippen molar-refractivity contribution in [3.05, 3.63) is 60.5 Å². The lowest BCUT2D eigenvalue weighted by Crippen LogP contribution is -2.48. The zero-order chi connectivity index (χ0) is 22.9. The number of amides is 1. The van der Waals surface area contributed by atoms with Crippen LogP contribution in [0.5, 0.6) is 17.2 Å². The van der Waals surface area contributed by atoms with Crippen LogP contribution in [-0.2, 0) is 9.59 Å². The van der Waals surface area contributed by atoms with E-state index < -0.39 is 0 Å². The molecule has 0 radical (unpaired) electrons. The lowest BCUT2D eigenvalue weighted by Gasteiger charge is -2.35. The highest BCUT2D eigenvalue weighted by Crippen LogP contribution is 2.38. The van der Waals surface area contributed by atoms with Crippen LogP contribution in [0.25, 0.3) is 6.08 Å². The van der Waals surface area contributed by atoms with E-state index in [4.69, 9.17) is 14.2 Å². The van der Waals surface area contributed by atoms with Crippen LogP contribution in [0.15, 0.2) is 54.9 Å². The second-order valence-corrected chi connectivity index (χ2v) is 7.05. The zero-order valence-corrected chi connectivity index (χ0v) is 18.5. The molecule has 1 aliphatic rings. The predicted octanol–water partition coefficient (Wildman–Crippen LogP) is 2.59. The van der Waals surface area contributed by atoms with E-state index in [1.807, 2.05) is 12.1 Å². The topological polar surface area (TPSA) is 81.2 Å². The lowest BCUT2D eigenvalue weighted by atomic mass is 10.1. The third-order valence-electron chi connectivity index (χ3n) is 5.14. The SMILES string of the molecule is COc1cc(/C=C/C(=O)/C=C/C(=O)N2CCN(c3ccncc3)CC2)cc(OC)c1OC. The maximum atomic E-state index is 12.4. The molecule has 0 bridgehead atoms. The summed E-state index contributed by atoms with van der Waals surface area (Å²) in [5.74, 6) is 1.01. The summed E-state index contributed by atoms with van der Waals surface area (Å²) in [6.07, 6.45) is 9.15. The summed E-state index contributed by atoms with van der Waals surface area (Å²) in [4.78, 5) is 32.6. The van der Waals surface area contributed by atoms with Gasteiger partial charge in [-0.25, -0.2) is 0 Å². The maximum absolute atomic E-state index is 12.4. The Morgan fingerprint density at radius 2 is 1.50 bits per heavy atom. The van der Waals surface area contributed by atoms with Gasteiger partial charge in [-0.2, -0.15) is 0 Å². The summed E-state index contributed by atoms with van der Waals surface area (Å²) >= 11 is 0. The van der Waals surface area contributed by atoms with Gasteiger partial charge >= 0.3 is 0 Å². The minimum Gasteiger partial charge on any atom is -0.493 e. The number of ether oxygens (including phenoxy) is 3. The van der Waals surface area contributed by atoms with Crippen LogP contribution in [0.2, 0.25) is 0 Å². The van der Waals surface area contributed by atoms with Crippen molar-refractivity contribution in [1.29, 1.82) is 0 Å². The Morgan fingerprint density at radius 3 is 2.06 bits per heavy atom. The number of hydrogen-bond donors (Lipinski definition) is 0. The molecule has 2 heterocycles. The van der Waals surface area contributed by atoms with E-state index >= 15 is 0 Å². The first-order valence-corrected chi connectivity index (χ1v) is 10.2.